The lowest BCUT2D eigenvalue weighted by Gasteiger charge is -2.03. The smallest absolute Gasteiger partial charge is 0.309 e. The maximum Gasteiger partial charge on any atom is 0.309 e. The maximum atomic E-state index is 10.6. The number of rotatable bonds is 4. The highest BCUT2D eigenvalue weighted by atomic mass is 16.4. The zero-order valence-corrected chi connectivity index (χ0v) is 9.84. The third-order valence-corrected chi connectivity index (χ3v) is 2.85. The molecule has 1 aromatic heterocycles. The van der Waals surface area contributed by atoms with Crippen molar-refractivity contribution in [3.05, 3.63) is 42.1 Å². The molecular formula is C14H13N2O2+. The second kappa shape index (κ2) is 5.28. The molecule has 0 atom stereocenters. The molecule has 0 fully saturated rings. The highest BCUT2D eigenvalue weighted by Gasteiger charge is 2.12. The molecule has 0 saturated heterocycles. The standard InChI is InChI=1S/C14H12N2O2/c15-8-5-11-6-9-16(10-7-14(17)18)13-4-2-1-3-12(11)13/h1-4,6,9H,5,7,10H2/p+1. The molecule has 0 radical (unpaired) electrons. The molecule has 1 heterocycles. The van der Waals surface area contributed by atoms with Crippen molar-refractivity contribution >= 4 is 16.9 Å². The zero-order valence-electron chi connectivity index (χ0n) is 9.84. The van der Waals surface area contributed by atoms with Crippen LogP contribution in [0, 0.1) is 11.3 Å². The number of nitriles is 1. The molecule has 0 unspecified atom stereocenters. The van der Waals surface area contributed by atoms with E-state index in [0.29, 0.717) is 13.0 Å². The van der Waals surface area contributed by atoms with Crippen molar-refractivity contribution < 1.29 is 14.5 Å². The summed E-state index contributed by atoms with van der Waals surface area (Å²) in [5, 5.41) is 18.5. The lowest BCUT2D eigenvalue weighted by molar-refractivity contribution is -0.670. The average Bonchev–Trinajstić information content (AvgIpc) is 2.38. The van der Waals surface area contributed by atoms with E-state index in [2.05, 4.69) is 6.07 Å². The Morgan fingerprint density at radius 3 is 2.83 bits per heavy atom. The lowest BCUT2D eigenvalue weighted by Crippen LogP contribution is -2.35. The van der Waals surface area contributed by atoms with Gasteiger partial charge in [0.15, 0.2) is 12.7 Å². The molecule has 1 aromatic carbocycles. The molecule has 0 aliphatic rings. The van der Waals surface area contributed by atoms with Gasteiger partial charge in [-0.25, -0.2) is 0 Å². The maximum absolute atomic E-state index is 10.6. The van der Waals surface area contributed by atoms with E-state index in [1.807, 2.05) is 41.1 Å². The Hall–Kier alpha value is -2.41. The van der Waals surface area contributed by atoms with Gasteiger partial charge >= 0.3 is 5.97 Å². The van der Waals surface area contributed by atoms with Crippen LogP contribution in [0.1, 0.15) is 12.0 Å². The van der Waals surface area contributed by atoms with Crippen LogP contribution in [-0.4, -0.2) is 11.1 Å². The van der Waals surface area contributed by atoms with E-state index < -0.39 is 5.97 Å². The normalized spacial score (nSPS) is 10.2. The Bertz CT molecular complexity index is 629. The van der Waals surface area contributed by atoms with Crippen LogP contribution in [0.4, 0.5) is 0 Å². The van der Waals surface area contributed by atoms with Crippen LogP contribution >= 0.6 is 0 Å². The zero-order chi connectivity index (χ0) is 13.0. The van der Waals surface area contributed by atoms with Gasteiger partial charge in [-0.3, -0.25) is 4.79 Å². The van der Waals surface area contributed by atoms with E-state index in [1.54, 1.807) is 0 Å². The van der Waals surface area contributed by atoms with Crippen molar-refractivity contribution in [2.75, 3.05) is 0 Å². The summed E-state index contributed by atoms with van der Waals surface area (Å²) in [6.07, 6.45) is 2.30. The number of carboxylic acid groups (broad SMARTS) is 1. The number of carboxylic acids is 1. The van der Waals surface area contributed by atoms with E-state index in [0.717, 1.165) is 16.5 Å². The van der Waals surface area contributed by atoms with E-state index in [-0.39, 0.29) is 6.42 Å². The van der Waals surface area contributed by atoms with Crippen molar-refractivity contribution in [2.45, 2.75) is 19.4 Å². The average molecular weight is 241 g/mol. The van der Waals surface area contributed by atoms with Crippen LogP contribution < -0.4 is 4.57 Å². The van der Waals surface area contributed by atoms with Gasteiger partial charge in [-0.2, -0.15) is 9.83 Å². The summed E-state index contributed by atoms with van der Waals surface area (Å²) in [5.74, 6) is -0.812. The molecule has 4 heteroatoms. The quantitative estimate of drug-likeness (QED) is 0.828. The minimum Gasteiger partial charge on any atom is -0.481 e. The fourth-order valence-corrected chi connectivity index (χ4v) is 2.00. The lowest BCUT2D eigenvalue weighted by atomic mass is 10.1. The number of hydrogen-bond acceptors (Lipinski definition) is 2. The molecule has 0 amide bonds. The van der Waals surface area contributed by atoms with E-state index in [1.165, 1.54) is 0 Å². The SMILES string of the molecule is N#CCc1cc[n+](CCC(=O)O)c2ccccc12. The summed E-state index contributed by atoms with van der Waals surface area (Å²) in [4.78, 5) is 10.6. The monoisotopic (exact) mass is 241 g/mol. The van der Waals surface area contributed by atoms with E-state index in [4.69, 9.17) is 10.4 Å². The molecule has 2 aromatic rings. The Morgan fingerprint density at radius 1 is 1.33 bits per heavy atom. The fraction of sp³-hybridized carbons (Fsp3) is 0.214. The first-order valence-electron chi connectivity index (χ1n) is 5.71. The van der Waals surface area contributed by atoms with Crippen molar-refractivity contribution in [3.63, 3.8) is 0 Å². The van der Waals surface area contributed by atoms with Gasteiger partial charge in [-0.1, -0.05) is 12.1 Å². The summed E-state index contributed by atoms with van der Waals surface area (Å²) in [5.41, 5.74) is 1.94. The number of pyridine rings is 1. The molecule has 2 rings (SSSR count). The number of carbonyl (C=O) groups is 1. The van der Waals surface area contributed by atoms with Crippen LogP contribution in [0.3, 0.4) is 0 Å². The molecule has 4 nitrogen and oxygen atoms in total. The highest BCUT2D eigenvalue weighted by Crippen LogP contribution is 2.15. The van der Waals surface area contributed by atoms with Crippen molar-refractivity contribution in [1.82, 2.24) is 0 Å². The van der Waals surface area contributed by atoms with Crippen LogP contribution in [0.25, 0.3) is 10.9 Å². The summed E-state index contributed by atoms with van der Waals surface area (Å²) in [6, 6.07) is 11.8. The van der Waals surface area contributed by atoms with Crippen LogP contribution in [-0.2, 0) is 17.8 Å². The van der Waals surface area contributed by atoms with E-state index in [9.17, 15) is 4.79 Å². The Kier molecular flexibility index (Phi) is 3.54. The highest BCUT2D eigenvalue weighted by molar-refractivity contribution is 5.79. The molecule has 0 bridgehead atoms. The van der Waals surface area contributed by atoms with Crippen molar-refractivity contribution in [2.24, 2.45) is 0 Å². The number of para-hydroxylation sites is 1. The Balaban J connectivity index is 2.47. The second-order valence-electron chi connectivity index (χ2n) is 4.03. The molecular weight excluding hydrogens is 228 g/mol. The van der Waals surface area contributed by atoms with Crippen LogP contribution in [0.5, 0.6) is 0 Å². The van der Waals surface area contributed by atoms with Gasteiger partial charge in [-0.05, 0) is 11.6 Å². The van der Waals surface area contributed by atoms with E-state index >= 15 is 0 Å². The van der Waals surface area contributed by atoms with Gasteiger partial charge in [0.1, 0.15) is 6.42 Å². The minimum absolute atomic E-state index is 0.0895. The number of benzene rings is 1. The van der Waals surface area contributed by atoms with Gasteiger partial charge in [0.25, 0.3) is 0 Å². The first-order valence-corrected chi connectivity index (χ1v) is 5.71. The first-order chi connectivity index (χ1) is 8.72. The molecule has 0 saturated carbocycles. The van der Waals surface area contributed by atoms with Crippen molar-refractivity contribution in [1.29, 1.82) is 5.26 Å². The Morgan fingerprint density at radius 2 is 2.11 bits per heavy atom. The van der Waals surface area contributed by atoms with Gasteiger partial charge < -0.3 is 5.11 Å². The summed E-state index contributed by atoms with van der Waals surface area (Å²) in [7, 11) is 0. The molecule has 0 aliphatic carbocycles. The molecule has 18 heavy (non-hydrogen) atoms. The summed E-state index contributed by atoms with van der Waals surface area (Å²) >= 11 is 0. The number of aryl methyl sites for hydroxylation is 1. The fourth-order valence-electron chi connectivity index (χ4n) is 2.00. The summed E-state index contributed by atoms with van der Waals surface area (Å²) < 4.78 is 1.91. The largest absolute Gasteiger partial charge is 0.481 e. The topological polar surface area (TPSA) is 65.0 Å². The minimum atomic E-state index is -0.812. The first kappa shape index (κ1) is 12.1. The van der Waals surface area contributed by atoms with Gasteiger partial charge in [0, 0.05) is 12.1 Å². The third-order valence-electron chi connectivity index (χ3n) is 2.85. The Labute approximate surface area is 105 Å². The molecule has 1 N–H and O–H groups in total. The van der Waals surface area contributed by atoms with Gasteiger partial charge in [0.2, 0.25) is 5.52 Å². The number of nitrogens with zero attached hydrogens (tertiary/aromatic N) is 2. The number of fused-ring (bicyclic) bond motifs is 1. The predicted molar refractivity (Wildman–Crippen MR) is 65.7 cm³/mol. The molecule has 0 aliphatic heterocycles. The van der Waals surface area contributed by atoms with Crippen molar-refractivity contribution in [3.8, 4) is 6.07 Å². The number of hydrogen-bond donors (Lipinski definition) is 1. The van der Waals surface area contributed by atoms with Gasteiger partial charge in [-0.15, -0.1) is 0 Å². The third kappa shape index (κ3) is 2.46. The number of aromatic nitrogens is 1. The van der Waals surface area contributed by atoms with Gasteiger partial charge in [0.05, 0.1) is 17.9 Å². The van der Waals surface area contributed by atoms with Crippen LogP contribution in [0.15, 0.2) is 36.5 Å². The molecule has 90 valence electrons. The predicted octanol–water partition coefficient (Wildman–Crippen LogP) is 1.67. The number of aliphatic carboxylic acids is 1. The summed E-state index contributed by atoms with van der Waals surface area (Å²) in [6.45, 7) is 0.433. The second-order valence-corrected chi connectivity index (χ2v) is 4.03. The van der Waals surface area contributed by atoms with Crippen LogP contribution in [0.2, 0.25) is 0 Å². The molecule has 0 spiro atoms.